The highest BCUT2D eigenvalue weighted by Gasteiger charge is 2.51. The lowest BCUT2D eigenvalue weighted by atomic mass is 9.70. The average molecular weight is 1010 g/mol. The molecule has 14 nitrogen and oxygen atoms in total. The molecule has 0 spiro atoms. The van der Waals surface area contributed by atoms with Gasteiger partial charge in [0.1, 0.15) is 5.69 Å². The lowest BCUT2D eigenvalue weighted by Crippen LogP contribution is -2.66. The van der Waals surface area contributed by atoms with Crippen molar-refractivity contribution in [3.05, 3.63) is 147 Å². The number of nitrogens with one attached hydrogen (secondary N) is 2. The number of H-pyrrole nitrogens is 1. The van der Waals surface area contributed by atoms with Crippen LogP contribution in [0.5, 0.6) is 0 Å². The molecule has 8 heterocycles. The second-order valence-corrected chi connectivity index (χ2v) is 21.1. The highest BCUT2D eigenvalue weighted by atomic mass is 19.4. The van der Waals surface area contributed by atoms with Gasteiger partial charge in [-0.3, -0.25) is 34.0 Å². The van der Waals surface area contributed by atoms with Gasteiger partial charge in [-0.2, -0.15) is 13.2 Å². The predicted molar refractivity (Wildman–Crippen MR) is 276 cm³/mol. The summed E-state index contributed by atoms with van der Waals surface area (Å²) in [6, 6.07) is 24.0. The van der Waals surface area contributed by atoms with E-state index >= 15 is 0 Å². The van der Waals surface area contributed by atoms with Crippen molar-refractivity contribution in [3.8, 4) is 0 Å². The molecule has 6 aromatic rings. The Hall–Kier alpha value is -6.69. The minimum atomic E-state index is -4.52. The van der Waals surface area contributed by atoms with Crippen molar-refractivity contribution in [1.82, 2.24) is 39.9 Å². The number of anilines is 1. The van der Waals surface area contributed by atoms with Crippen molar-refractivity contribution in [3.63, 3.8) is 0 Å². The Morgan fingerprint density at radius 2 is 1.46 bits per heavy atom. The standard InChI is InChI=1S/C57H62F3N9O5/c1-2-39-32-49-50(63-51(39)70)31-38(33-61-49)35-65-23-27-67(28-24-65)43-13-14-48(62-34-43)52(71)64-55-17-19-56(20-18-55,74-37-55)36-66-25-29-69(30-26-66)53(72)42-11-9-40(10-12-42)41-15-21-68(22-16-41)54(73)46-7-3-6-45-44(46)5-4-8-47(45)57(58,59)60/h3-14,31-34,41H,2,15-30,35-37H2,1H3,(H,63,70)(H,64,71). The Morgan fingerprint density at radius 1 is 0.757 bits per heavy atom. The quantitative estimate of drug-likeness (QED) is 0.133. The van der Waals surface area contributed by atoms with Crippen LogP contribution in [-0.4, -0.2) is 142 Å². The first kappa shape index (κ1) is 49.5. The molecule has 0 radical (unpaired) electrons. The molecule has 74 heavy (non-hydrogen) atoms. The van der Waals surface area contributed by atoms with Gasteiger partial charge < -0.3 is 29.7 Å². The fourth-order valence-electron chi connectivity index (χ4n) is 12.0. The number of rotatable bonds is 11. The predicted octanol–water partition coefficient (Wildman–Crippen LogP) is 7.66. The molecule has 6 aliphatic rings. The molecule has 1 saturated carbocycles. The number of carbonyl (C=O) groups is 3. The third-order valence-corrected chi connectivity index (χ3v) is 16.5. The number of pyridine rings is 3. The number of likely N-dealkylation sites (tertiary alicyclic amines) is 1. The fourth-order valence-corrected chi connectivity index (χ4v) is 12.0. The number of amides is 3. The molecule has 0 atom stereocenters. The largest absolute Gasteiger partial charge is 0.417 e. The summed E-state index contributed by atoms with van der Waals surface area (Å²) in [6.07, 6.45) is 4.63. The van der Waals surface area contributed by atoms with Crippen LogP contribution in [0.15, 0.2) is 102 Å². The molecule has 0 unspecified atom stereocenters. The Bertz CT molecular complexity index is 3100. The summed E-state index contributed by atoms with van der Waals surface area (Å²) in [7, 11) is 0. The van der Waals surface area contributed by atoms with Crippen LogP contribution >= 0.6 is 0 Å². The lowest BCUT2D eigenvalue weighted by Gasteiger charge is -2.54. The first-order chi connectivity index (χ1) is 35.7. The van der Waals surface area contributed by atoms with Crippen LogP contribution in [0.25, 0.3) is 21.8 Å². The Morgan fingerprint density at radius 3 is 2.14 bits per heavy atom. The van der Waals surface area contributed by atoms with Gasteiger partial charge in [0, 0.05) is 101 Å². The lowest BCUT2D eigenvalue weighted by molar-refractivity contribution is -0.170. The first-order valence-corrected chi connectivity index (χ1v) is 26.1. The van der Waals surface area contributed by atoms with Crippen molar-refractivity contribution in [2.75, 3.05) is 83.5 Å². The number of piperidine rings is 1. The van der Waals surface area contributed by atoms with E-state index in [1.807, 2.05) is 66.6 Å². The maximum absolute atomic E-state index is 13.7. The molecule has 3 amide bonds. The molecule has 12 rings (SSSR count). The summed E-state index contributed by atoms with van der Waals surface area (Å²) >= 11 is 0. The van der Waals surface area contributed by atoms with Crippen molar-refractivity contribution in [2.45, 2.75) is 81.6 Å². The van der Waals surface area contributed by atoms with Gasteiger partial charge in [-0.25, -0.2) is 4.98 Å². The topological polar surface area (TPSA) is 147 Å². The molecule has 3 aromatic heterocycles. The van der Waals surface area contributed by atoms with Gasteiger partial charge in [0.05, 0.1) is 46.2 Å². The third kappa shape index (κ3) is 10.1. The van der Waals surface area contributed by atoms with E-state index in [0.29, 0.717) is 68.7 Å². The number of nitrogens with zero attached hydrogens (tertiary/aromatic N) is 7. The van der Waals surface area contributed by atoms with E-state index in [0.717, 1.165) is 118 Å². The molecule has 386 valence electrons. The van der Waals surface area contributed by atoms with Crippen LogP contribution in [0, 0.1) is 0 Å². The highest BCUT2D eigenvalue weighted by molar-refractivity contribution is 6.08. The number of ether oxygens (including phenoxy) is 1. The number of carbonyl (C=O) groups excluding carboxylic acids is 3. The number of benzene rings is 3. The van der Waals surface area contributed by atoms with Crippen LogP contribution in [0.3, 0.4) is 0 Å². The number of halogens is 3. The first-order valence-electron chi connectivity index (χ1n) is 26.1. The van der Waals surface area contributed by atoms with Gasteiger partial charge in [0.2, 0.25) is 0 Å². The highest BCUT2D eigenvalue weighted by Crippen LogP contribution is 2.44. The number of fused-ring (bicyclic) bond motifs is 5. The minimum absolute atomic E-state index is 0.00593. The number of alkyl halides is 3. The molecule has 17 heteroatoms. The minimum Gasteiger partial charge on any atom is -0.371 e. The van der Waals surface area contributed by atoms with E-state index in [2.05, 4.69) is 35.0 Å². The summed E-state index contributed by atoms with van der Waals surface area (Å²) in [5, 5.41) is 3.64. The number of hydrogen-bond acceptors (Lipinski definition) is 10. The van der Waals surface area contributed by atoms with Crippen LogP contribution in [0.4, 0.5) is 18.9 Å². The molecular weight excluding hydrogens is 948 g/mol. The van der Waals surface area contributed by atoms with Crippen molar-refractivity contribution in [1.29, 1.82) is 0 Å². The van der Waals surface area contributed by atoms with E-state index < -0.39 is 17.3 Å². The molecule has 5 aliphatic heterocycles. The summed E-state index contributed by atoms with van der Waals surface area (Å²) < 4.78 is 47.7. The number of hydrogen-bond donors (Lipinski definition) is 2. The molecular formula is C57H62F3N9O5. The smallest absolute Gasteiger partial charge is 0.371 e. The van der Waals surface area contributed by atoms with Gasteiger partial charge in [-0.05, 0) is 121 Å². The molecule has 2 N–H and O–H groups in total. The fraction of sp³-hybridized carbons (Fsp3) is 0.439. The average Bonchev–Trinajstić information content (AvgIpc) is 3.43. The van der Waals surface area contributed by atoms with Crippen LogP contribution < -0.4 is 15.8 Å². The Kier molecular flexibility index (Phi) is 13.5. The maximum Gasteiger partial charge on any atom is 0.417 e. The van der Waals surface area contributed by atoms with E-state index in [1.165, 1.54) is 18.2 Å². The second kappa shape index (κ2) is 20.2. The summed E-state index contributed by atoms with van der Waals surface area (Å²) in [6.45, 7) is 11.1. The molecule has 2 bridgehead atoms. The van der Waals surface area contributed by atoms with E-state index in [-0.39, 0.29) is 45.7 Å². The molecule has 3 aromatic carbocycles. The zero-order chi connectivity index (χ0) is 51.2. The Labute approximate surface area is 427 Å². The van der Waals surface area contributed by atoms with E-state index in [9.17, 15) is 32.3 Å². The maximum atomic E-state index is 13.7. The Balaban J connectivity index is 0.603. The number of aryl methyl sites for hydroxylation is 1. The van der Waals surface area contributed by atoms with Crippen molar-refractivity contribution < 1.29 is 32.3 Å². The monoisotopic (exact) mass is 1010 g/mol. The summed E-state index contributed by atoms with van der Waals surface area (Å²) in [5.74, 6) is -0.241. The van der Waals surface area contributed by atoms with Gasteiger partial charge >= 0.3 is 6.18 Å². The summed E-state index contributed by atoms with van der Waals surface area (Å²) in [5.41, 5.74) is 5.27. The van der Waals surface area contributed by atoms with E-state index in [4.69, 9.17) is 4.74 Å². The van der Waals surface area contributed by atoms with Gasteiger partial charge in [0.25, 0.3) is 23.3 Å². The van der Waals surface area contributed by atoms with Gasteiger partial charge in [0.15, 0.2) is 0 Å². The zero-order valence-corrected chi connectivity index (χ0v) is 41.8. The number of piperazine rings is 2. The molecule has 5 saturated heterocycles. The van der Waals surface area contributed by atoms with Crippen LogP contribution in [0.2, 0.25) is 0 Å². The van der Waals surface area contributed by atoms with Crippen molar-refractivity contribution >= 4 is 45.2 Å². The summed E-state index contributed by atoms with van der Waals surface area (Å²) in [4.78, 5) is 76.1. The zero-order valence-electron chi connectivity index (χ0n) is 41.8. The molecule has 1 aliphatic carbocycles. The second-order valence-electron chi connectivity index (χ2n) is 21.1. The van der Waals surface area contributed by atoms with Gasteiger partial charge in [-0.1, -0.05) is 43.3 Å². The molecule has 6 fully saturated rings. The van der Waals surface area contributed by atoms with Crippen molar-refractivity contribution in [2.24, 2.45) is 0 Å². The number of aromatic nitrogens is 3. The third-order valence-electron chi connectivity index (χ3n) is 16.5. The van der Waals surface area contributed by atoms with Crippen LogP contribution in [-0.2, 0) is 23.9 Å². The van der Waals surface area contributed by atoms with Gasteiger partial charge in [-0.15, -0.1) is 0 Å². The van der Waals surface area contributed by atoms with E-state index in [1.54, 1.807) is 23.2 Å². The van der Waals surface area contributed by atoms with Crippen LogP contribution in [0.1, 0.15) is 105 Å². The number of aromatic amines is 1. The SMILES string of the molecule is CCc1cc2ncc(CN3CCN(c4ccc(C(=O)NC56CCC(CN7CCN(C(=O)c8ccc(C9CCN(C(=O)c%10cccc%11c(C(F)(F)F)cccc%10%11)CC9)cc8)CC7)(CC5)OC6)nc4)CC3)cc2[nH]c1=O. The normalized spacial score (nSPS) is 22.1.